The van der Waals surface area contributed by atoms with Crippen LogP contribution in [0.25, 0.3) is 0 Å². The summed E-state index contributed by atoms with van der Waals surface area (Å²) in [6.45, 7) is 1.94. The van der Waals surface area contributed by atoms with Crippen LogP contribution in [0.15, 0.2) is 54.6 Å². The Morgan fingerprint density at radius 1 is 1.12 bits per heavy atom. The van der Waals surface area contributed by atoms with Crippen molar-refractivity contribution in [1.82, 2.24) is 5.32 Å². The second kappa shape index (κ2) is 9.30. The highest BCUT2D eigenvalue weighted by Crippen LogP contribution is 2.16. The number of ether oxygens (including phenoxy) is 1. The summed E-state index contributed by atoms with van der Waals surface area (Å²) >= 11 is 5.70. The molecule has 0 unspecified atom stereocenters. The number of carbonyl (C=O) groups excluding carboxylic acids is 1. The number of amides is 1. The van der Waals surface area contributed by atoms with Crippen LogP contribution in [0.3, 0.4) is 0 Å². The molecule has 2 aromatic rings. The summed E-state index contributed by atoms with van der Waals surface area (Å²) in [5, 5.41) is 12.7. The molecule has 0 aliphatic rings. The zero-order chi connectivity index (χ0) is 17.4. The first-order valence-corrected chi connectivity index (χ1v) is 8.38. The van der Waals surface area contributed by atoms with Gasteiger partial charge in [-0.25, -0.2) is 0 Å². The van der Waals surface area contributed by atoms with E-state index in [2.05, 4.69) is 5.32 Å². The predicted molar refractivity (Wildman–Crippen MR) is 95.3 cm³/mol. The van der Waals surface area contributed by atoms with Gasteiger partial charge in [0.25, 0.3) is 0 Å². The lowest BCUT2D eigenvalue weighted by Crippen LogP contribution is -2.44. The summed E-state index contributed by atoms with van der Waals surface area (Å²) in [6, 6.07) is 17.2. The SMILES string of the molecule is CC(=O)N[C@@H](Cc1ccc(OCc2ccccc2)cc1)[C@H](O)CCl. The molecule has 0 saturated carbocycles. The number of halogens is 1. The minimum atomic E-state index is -0.787. The molecule has 2 aromatic carbocycles. The van der Waals surface area contributed by atoms with Crippen LogP contribution in [0.4, 0.5) is 0 Å². The first kappa shape index (κ1) is 18.3. The highest BCUT2D eigenvalue weighted by atomic mass is 35.5. The van der Waals surface area contributed by atoms with Gasteiger partial charge in [0.2, 0.25) is 5.91 Å². The molecule has 0 spiro atoms. The van der Waals surface area contributed by atoms with Gasteiger partial charge in [-0.2, -0.15) is 0 Å². The summed E-state index contributed by atoms with van der Waals surface area (Å²) in [5.74, 6) is 0.659. The first-order chi connectivity index (χ1) is 11.6. The van der Waals surface area contributed by atoms with Crippen molar-refractivity contribution in [3.05, 3.63) is 65.7 Å². The van der Waals surface area contributed by atoms with Crippen LogP contribution in [0, 0.1) is 0 Å². The van der Waals surface area contributed by atoms with Crippen LogP contribution in [0.1, 0.15) is 18.1 Å². The Bertz CT molecular complexity index is 631. The van der Waals surface area contributed by atoms with Crippen molar-refractivity contribution in [2.75, 3.05) is 5.88 Å². The normalized spacial score (nSPS) is 13.1. The molecule has 1 amide bonds. The summed E-state index contributed by atoms with van der Waals surface area (Å²) in [6.07, 6.45) is -0.281. The highest BCUT2D eigenvalue weighted by molar-refractivity contribution is 6.18. The molecule has 0 heterocycles. The van der Waals surface area contributed by atoms with E-state index in [4.69, 9.17) is 16.3 Å². The van der Waals surface area contributed by atoms with Crippen molar-refractivity contribution in [3.8, 4) is 5.75 Å². The van der Waals surface area contributed by atoms with Gasteiger partial charge in [-0.05, 0) is 29.7 Å². The molecule has 128 valence electrons. The molecule has 0 aromatic heterocycles. The Kier molecular flexibility index (Phi) is 7.09. The van der Waals surface area contributed by atoms with Crippen molar-refractivity contribution in [2.24, 2.45) is 0 Å². The monoisotopic (exact) mass is 347 g/mol. The molecule has 2 rings (SSSR count). The van der Waals surface area contributed by atoms with E-state index in [1.54, 1.807) is 0 Å². The second-order valence-corrected chi connectivity index (χ2v) is 5.96. The van der Waals surface area contributed by atoms with Crippen LogP contribution < -0.4 is 10.1 Å². The van der Waals surface area contributed by atoms with Gasteiger partial charge in [-0.15, -0.1) is 11.6 Å². The Morgan fingerprint density at radius 3 is 2.38 bits per heavy atom. The Balaban J connectivity index is 1.93. The van der Waals surface area contributed by atoms with Crippen LogP contribution >= 0.6 is 11.6 Å². The van der Waals surface area contributed by atoms with E-state index in [0.717, 1.165) is 16.9 Å². The van der Waals surface area contributed by atoms with Gasteiger partial charge in [0.15, 0.2) is 0 Å². The molecule has 24 heavy (non-hydrogen) atoms. The highest BCUT2D eigenvalue weighted by Gasteiger charge is 2.19. The quantitative estimate of drug-likeness (QED) is 0.722. The van der Waals surface area contributed by atoms with Gasteiger partial charge in [-0.3, -0.25) is 4.79 Å². The maximum Gasteiger partial charge on any atom is 0.217 e. The summed E-state index contributed by atoms with van der Waals surface area (Å²) in [7, 11) is 0. The zero-order valence-corrected chi connectivity index (χ0v) is 14.4. The third kappa shape index (κ3) is 5.87. The molecular formula is C19H22ClNO3. The Hall–Kier alpha value is -2.04. The third-order valence-corrected chi connectivity index (χ3v) is 3.95. The number of aliphatic hydroxyl groups excluding tert-OH is 1. The molecule has 0 bridgehead atoms. The minimum Gasteiger partial charge on any atom is -0.489 e. The predicted octanol–water partition coefficient (Wildman–Crippen LogP) is 2.91. The molecule has 4 nitrogen and oxygen atoms in total. The van der Waals surface area contributed by atoms with Crippen molar-refractivity contribution >= 4 is 17.5 Å². The van der Waals surface area contributed by atoms with E-state index >= 15 is 0 Å². The van der Waals surface area contributed by atoms with E-state index in [-0.39, 0.29) is 11.8 Å². The fraction of sp³-hybridized carbons (Fsp3) is 0.316. The van der Waals surface area contributed by atoms with E-state index in [1.165, 1.54) is 6.92 Å². The standard InChI is InChI=1S/C19H22ClNO3/c1-14(22)21-18(19(23)12-20)11-15-7-9-17(10-8-15)24-13-16-5-3-2-4-6-16/h2-10,18-19,23H,11-13H2,1H3,(H,21,22)/t18-,19+/m0/s1. The lowest BCUT2D eigenvalue weighted by molar-refractivity contribution is -0.120. The van der Waals surface area contributed by atoms with Crippen molar-refractivity contribution < 1.29 is 14.6 Å². The fourth-order valence-electron chi connectivity index (χ4n) is 2.37. The number of benzene rings is 2. The van der Waals surface area contributed by atoms with E-state index < -0.39 is 12.1 Å². The number of alkyl halides is 1. The summed E-state index contributed by atoms with van der Waals surface area (Å²) < 4.78 is 5.74. The lowest BCUT2D eigenvalue weighted by atomic mass is 10.0. The molecule has 0 saturated heterocycles. The van der Waals surface area contributed by atoms with Crippen LogP contribution in [0.5, 0.6) is 5.75 Å². The maximum absolute atomic E-state index is 11.3. The average Bonchev–Trinajstić information content (AvgIpc) is 2.60. The van der Waals surface area contributed by atoms with Gasteiger partial charge in [0.05, 0.1) is 18.0 Å². The minimum absolute atomic E-state index is 0.0726. The molecule has 0 aliphatic carbocycles. The number of carbonyl (C=O) groups is 1. The van der Waals surface area contributed by atoms with Gasteiger partial charge < -0.3 is 15.2 Å². The molecule has 0 radical (unpaired) electrons. The smallest absolute Gasteiger partial charge is 0.217 e. The maximum atomic E-state index is 11.3. The summed E-state index contributed by atoms with van der Waals surface area (Å²) in [5.41, 5.74) is 2.10. The Labute approximate surface area is 147 Å². The van der Waals surface area contributed by atoms with Crippen molar-refractivity contribution in [2.45, 2.75) is 32.1 Å². The number of hydrogen-bond donors (Lipinski definition) is 2. The van der Waals surface area contributed by atoms with E-state index in [9.17, 15) is 9.90 Å². The molecule has 2 N–H and O–H groups in total. The topological polar surface area (TPSA) is 58.6 Å². The van der Waals surface area contributed by atoms with Crippen LogP contribution in [-0.2, 0) is 17.8 Å². The second-order valence-electron chi connectivity index (χ2n) is 5.65. The van der Waals surface area contributed by atoms with Crippen molar-refractivity contribution in [3.63, 3.8) is 0 Å². The lowest BCUT2D eigenvalue weighted by Gasteiger charge is -2.22. The number of rotatable bonds is 8. The van der Waals surface area contributed by atoms with Gasteiger partial charge >= 0.3 is 0 Å². The largest absolute Gasteiger partial charge is 0.489 e. The van der Waals surface area contributed by atoms with Crippen molar-refractivity contribution in [1.29, 1.82) is 0 Å². The van der Waals surface area contributed by atoms with Crippen LogP contribution in [-0.4, -0.2) is 29.0 Å². The molecule has 5 heteroatoms. The molecule has 0 aliphatic heterocycles. The van der Waals surface area contributed by atoms with Crippen LogP contribution in [0.2, 0.25) is 0 Å². The number of nitrogens with one attached hydrogen (secondary N) is 1. The Morgan fingerprint density at radius 2 is 1.79 bits per heavy atom. The van der Waals surface area contributed by atoms with E-state index in [0.29, 0.717) is 13.0 Å². The zero-order valence-electron chi connectivity index (χ0n) is 13.6. The number of hydrogen-bond acceptors (Lipinski definition) is 3. The average molecular weight is 348 g/mol. The fourth-order valence-corrected chi connectivity index (χ4v) is 2.58. The van der Waals surface area contributed by atoms with Gasteiger partial charge in [-0.1, -0.05) is 42.5 Å². The molecule has 2 atom stereocenters. The summed E-state index contributed by atoms with van der Waals surface area (Å²) in [4.78, 5) is 11.3. The van der Waals surface area contributed by atoms with Gasteiger partial charge in [0.1, 0.15) is 12.4 Å². The van der Waals surface area contributed by atoms with E-state index in [1.807, 2.05) is 54.6 Å². The molecular weight excluding hydrogens is 326 g/mol. The molecule has 0 fully saturated rings. The first-order valence-electron chi connectivity index (χ1n) is 7.85. The number of aliphatic hydroxyl groups is 1. The van der Waals surface area contributed by atoms with Gasteiger partial charge in [0, 0.05) is 6.92 Å². The third-order valence-electron chi connectivity index (χ3n) is 3.64.